The topological polar surface area (TPSA) is 56.8 Å². The van der Waals surface area contributed by atoms with E-state index in [-0.39, 0.29) is 0 Å². The van der Waals surface area contributed by atoms with Gasteiger partial charge in [-0.05, 0) is 43.4 Å². The van der Waals surface area contributed by atoms with Crippen molar-refractivity contribution in [1.29, 1.82) is 0 Å². The molecule has 0 amide bonds. The number of nitrogens with zero attached hydrogens (tertiary/aromatic N) is 3. The first-order valence-electron chi connectivity index (χ1n) is 7.82. The Morgan fingerprint density at radius 3 is 3.05 bits per heavy atom. The molecular formula is C16H21N5. The first-order chi connectivity index (χ1) is 10.3. The Kier molecular flexibility index (Phi) is 3.15. The summed E-state index contributed by atoms with van der Waals surface area (Å²) in [7, 11) is 0. The van der Waals surface area contributed by atoms with E-state index in [1.54, 1.807) is 0 Å². The van der Waals surface area contributed by atoms with E-state index in [0.29, 0.717) is 6.04 Å². The molecule has 0 bridgehead atoms. The van der Waals surface area contributed by atoms with Crippen molar-refractivity contribution in [2.45, 2.75) is 32.2 Å². The smallest absolute Gasteiger partial charge is 0.245 e. The minimum Gasteiger partial charge on any atom is -0.337 e. The molecule has 5 nitrogen and oxygen atoms in total. The van der Waals surface area contributed by atoms with Crippen LogP contribution in [0, 0.1) is 0 Å². The van der Waals surface area contributed by atoms with Crippen LogP contribution >= 0.6 is 0 Å². The van der Waals surface area contributed by atoms with Crippen LogP contribution in [0.25, 0.3) is 11.4 Å². The van der Waals surface area contributed by atoms with E-state index < -0.39 is 0 Å². The fraction of sp³-hybridized carbons (Fsp3) is 0.500. The molecule has 0 spiro atoms. The van der Waals surface area contributed by atoms with Crippen LogP contribution in [0.1, 0.15) is 24.5 Å². The molecule has 5 heteroatoms. The zero-order chi connectivity index (χ0) is 14.2. The summed E-state index contributed by atoms with van der Waals surface area (Å²) in [5, 5.41) is 10.9. The van der Waals surface area contributed by atoms with E-state index in [4.69, 9.17) is 4.98 Å². The highest BCUT2D eigenvalue weighted by molar-refractivity contribution is 5.59. The van der Waals surface area contributed by atoms with Crippen molar-refractivity contribution in [2.75, 3.05) is 24.5 Å². The number of aromatic amines is 1. The zero-order valence-corrected chi connectivity index (χ0v) is 12.4. The summed E-state index contributed by atoms with van der Waals surface area (Å²) in [5.74, 6) is 1.70. The Balaban J connectivity index is 1.59. The zero-order valence-electron chi connectivity index (χ0n) is 12.4. The van der Waals surface area contributed by atoms with Gasteiger partial charge in [-0.1, -0.05) is 12.1 Å². The van der Waals surface area contributed by atoms with Crippen molar-refractivity contribution in [3.8, 4) is 11.4 Å². The Hall–Kier alpha value is -1.88. The van der Waals surface area contributed by atoms with Gasteiger partial charge in [-0.2, -0.15) is 4.98 Å². The van der Waals surface area contributed by atoms with Gasteiger partial charge >= 0.3 is 0 Å². The lowest BCUT2D eigenvalue weighted by Crippen LogP contribution is -2.49. The minimum atomic E-state index is 0.487. The Labute approximate surface area is 124 Å². The lowest BCUT2D eigenvalue weighted by molar-refractivity contribution is 0.480. The number of fused-ring (bicyclic) bond motifs is 1. The predicted molar refractivity (Wildman–Crippen MR) is 83.5 cm³/mol. The second-order valence-electron chi connectivity index (χ2n) is 6.12. The molecule has 0 saturated carbocycles. The van der Waals surface area contributed by atoms with Gasteiger partial charge in [0.15, 0.2) is 5.82 Å². The summed E-state index contributed by atoms with van der Waals surface area (Å²) >= 11 is 0. The Morgan fingerprint density at radius 2 is 2.14 bits per heavy atom. The average molecular weight is 283 g/mol. The normalized spacial score (nSPS) is 21.6. The van der Waals surface area contributed by atoms with Gasteiger partial charge < -0.3 is 10.2 Å². The number of aryl methyl sites for hydroxylation is 2. The van der Waals surface area contributed by atoms with E-state index in [0.717, 1.165) is 37.0 Å². The largest absolute Gasteiger partial charge is 0.337 e. The number of benzene rings is 1. The van der Waals surface area contributed by atoms with Gasteiger partial charge in [0.2, 0.25) is 5.95 Å². The average Bonchev–Trinajstić information content (AvgIpc) is 3.15. The molecule has 1 atom stereocenters. The highest BCUT2D eigenvalue weighted by Crippen LogP contribution is 2.27. The third kappa shape index (κ3) is 2.42. The summed E-state index contributed by atoms with van der Waals surface area (Å²) in [6.07, 6.45) is 3.69. The number of hydrogen-bond acceptors (Lipinski definition) is 4. The number of piperazine rings is 1. The Morgan fingerprint density at radius 1 is 1.24 bits per heavy atom. The van der Waals surface area contributed by atoms with E-state index in [1.807, 2.05) is 0 Å². The molecule has 2 N–H and O–H groups in total. The van der Waals surface area contributed by atoms with Crippen molar-refractivity contribution < 1.29 is 0 Å². The summed E-state index contributed by atoms with van der Waals surface area (Å²) in [6.45, 7) is 5.11. The molecule has 2 aliphatic rings. The maximum Gasteiger partial charge on any atom is 0.245 e. The first-order valence-corrected chi connectivity index (χ1v) is 7.82. The van der Waals surface area contributed by atoms with Crippen molar-refractivity contribution in [3.63, 3.8) is 0 Å². The molecule has 4 rings (SSSR count). The fourth-order valence-electron chi connectivity index (χ4n) is 3.36. The van der Waals surface area contributed by atoms with Gasteiger partial charge in [0, 0.05) is 31.2 Å². The van der Waals surface area contributed by atoms with Crippen LogP contribution in [0.2, 0.25) is 0 Å². The molecule has 21 heavy (non-hydrogen) atoms. The highest BCUT2D eigenvalue weighted by Gasteiger charge is 2.20. The Bertz CT molecular complexity index is 648. The van der Waals surface area contributed by atoms with E-state index in [2.05, 4.69) is 45.5 Å². The first kappa shape index (κ1) is 12.8. The molecule has 1 unspecified atom stereocenters. The van der Waals surface area contributed by atoms with Crippen LogP contribution < -0.4 is 10.2 Å². The van der Waals surface area contributed by atoms with E-state index >= 15 is 0 Å². The molecule has 110 valence electrons. The van der Waals surface area contributed by atoms with Crippen molar-refractivity contribution in [2.24, 2.45) is 0 Å². The van der Waals surface area contributed by atoms with Crippen molar-refractivity contribution >= 4 is 5.95 Å². The second kappa shape index (κ2) is 5.15. The minimum absolute atomic E-state index is 0.487. The van der Waals surface area contributed by atoms with Gasteiger partial charge in [0.05, 0.1) is 0 Å². The maximum absolute atomic E-state index is 4.70. The fourth-order valence-corrected chi connectivity index (χ4v) is 3.36. The van der Waals surface area contributed by atoms with Crippen LogP contribution in [0.15, 0.2) is 18.2 Å². The summed E-state index contributed by atoms with van der Waals surface area (Å²) < 4.78 is 0. The predicted octanol–water partition coefficient (Wildman–Crippen LogP) is 1.76. The number of H-pyrrole nitrogens is 1. The number of nitrogens with one attached hydrogen (secondary N) is 2. The lowest BCUT2D eigenvalue weighted by atomic mass is 10.1. The molecule has 2 heterocycles. The van der Waals surface area contributed by atoms with E-state index in [1.165, 1.54) is 30.4 Å². The van der Waals surface area contributed by atoms with E-state index in [9.17, 15) is 0 Å². The number of anilines is 1. The molecule has 1 aromatic carbocycles. The second-order valence-corrected chi connectivity index (χ2v) is 6.12. The van der Waals surface area contributed by atoms with Crippen molar-refractivity contribution in [3.05, 3.63) is 29.3 Å². The highest BCUT2D eigenvalue weighted by atomic mass is 15.4. The summed E-state index contributed by atoms with van der Waals surface area (Å²) in [5.41, 5.74) is 4.12. The lowest BCUT2D eigenvalue weighted by Gasteiger charge is -2.30. The number of aromatic nitrogens is 3. The molecule has 0 radical (unpaired) electrons. The summed E-state index contributed by atoms with van der Waals surface area (Å²) in [6, 6.07) is 7.16. The van der Waals surface area contributed by atoms with Crippen LogP contribution in [-0.2, 0) is 12.8 Å². The monoisotopic (exact) mass is 283 g/mol. The summed E-state index contributed by atoms with van der Waals surface area (Å²) in [4.78, 5) is 6.94. The molecule has 1 aromatic heterocycles. The van der Waals surface area contributed by atoms with Crippen LogP contribution in [0.5, 0.6) is 0 Å². The van der Waals surface area contributed by atoms with Crippen LogP contribution in [0.4, 0.5) is 5.95 Å². The van der Waals surface area contributed by atoms with Crippen LogP contribution in [0.3, 0.4) is 0 Å². The third-order valence-electron chi connectivity index (χ3n) is 4.50. The standard InChI is InChI=1S/C16H21N5/c1-11-10-21(8-7-17-11)16-18-15(19-20-16)14-6-5-12-3-2-4-13(12)9-14/h5-6,9,11,17H,2-4,7-8,10H2,1H3,(H,18,19,20). The van der Waals surface area contributed by atoms with Gasteiger partial charge in [-0.25, -0.2) is 0 Å². The SMILES string of the molecule is CC1CN(c2n[nH]c(-c3ccc4c(c3)CCC4)n2)CCN1. The number of rotatable bonds is 2. The molecule has 2 aromatic rings. The molecular weight excluding hydrogens is 262 g/mol. The quantitative estimate of drug-likeness (QED) is 0.882. The third-order valence-corrected chi connectivity index (χ3v) is 4.50. The maximum atomic E-state index is 4.70. The van der Waals surface area contributed by atoms with Gasteiger partial charge in [-0.3, -0.25) is 5.10 Å². The van der Waals surface area contributed by atoms with Gasteiger partial charge in [0.1, 0.15) is 0 Å². The van der Waals surface area contributed by atoms with Crippen LogP contribution in [-0.4, -0.2) is 40.9 Å². The number of hydrogen-bond donors (Lipinski definition) is 2. The molecule has 1 fully saturated rings. The van der Waals surface area contributed by atoms with Crippen molar-refractivity contribution in [1.82, 2.24) is 20.5 Å². The van der Waals surface area contributed by atoms with Gasteiger partial charge in [-0.15, -0.1) is 5.10 Å². The van der Waals surface area contributed by atoms with Gasteiger partial charge in [0.25, 0.3) is 0 Å². The molecule has 1 aliphatic carbocycles. The molecule has 1 aliphatic heterocycles. The molecule has 1 saturated heterocycles.